The number of thioether (sulfide) groups is 1. The second-order valence-corrected chi connectivity index (χ2v) is 11.2. The lowest BCUT2D eigenvalue weighted by Gasteiger charge is -2.11. The van der Waals surface area contributed by atoms with Crippen LogP contribution in [0.15, 0.2) is 71.5 Å². The Labute approximate surface area is 195 Å². The average molecular weight is 538 g/mol. The van der Waals surface area contributed by atoms with Gasteiger partial charge in [-0.1, -0.05) is 22.0 Å². The number of benzene rings is 1. The summed E-state index contributed by atoms with van der Waals surface area (Å²) >= 11 is 5.90. The lowest BCUT2D eigenvalue weighted by molar-refractivity contribution is 0.0986. The fourth-order valence-corrected chi connectivity index (χ4v) is 7.57. The summed E-state index contributed by atoms with van der Waals surface area (Å²) in [5.74, 6) is -1.66. The highest BCUT2D eigenvalue weighted by molar-refractivity contribution is 9.10. The maximum absolute atomic E-state index is 14.3. The third kappa shape index (κ3) is 4.87. The topological polar surface area (TPSA) is 152 Å². The van der Waals surface area contributed by atoms with Crippen LogP contribution >= 0.6 is 39.0 Å². The molecular formula is C19H16BrN5O3S3. The number of carbonyl (C=O) groups is 2. The molecule has 0 saturated heterocycles. The summed E-state index contributed by atoms with van der Waals surface area (Å²) in [6.07, 6.45) is 2.96. The Hall–Kier alpha value is -2.54. The predicted octanol–water partition coefficient (Wildman–Crippen LogP) is 3.74. The van der Waals surface area contributed by atoms with Crippen LogP contribution in [0.3, 0.4) is 0 Å². The van der Waals surface area contributed by atoms with E-state index in [4.69, 9.17) is 16.9 Å². The van der Waals surface area contributed by atoms with Gasteiger partial charge in [0.25, 0.3) is 11.8 Å². The highest BCUT2D eigenvalue weighted by Gasteiger charge is 2.25. The number of amidine groups is 1. The van der Waals surface area contributed by atoms with Gasteiger partial charge in [0.2, 0.25) is 0 Å². The van der Waals surface area contributed by atoms with E-state index in [-0.39, 0.29) is 17.1 Å². The zero-order chi connectivity index (χ0) is 22.8. The molecule has 0 spiro atoms. The molecule has 3 rings (SSSR count). The van der Waals surface area contributed by atoms with Crippen molar-refractivity contribution >= 4 is 66.4 Å². The summed E-state index contributed by atoms with van der Waals surface area (Å²) in [6.45, 7) is 0. The fraction of sp³-hybridized carbons (Fsp3) is 0.0526. The minimum atomic E-state index is -3.43. The molecule has 1 aromatic carbocycles. The molecule has 0 radical (unpaired) electrons. The molecule has 2 amide bonds. The number of hydrogen-bond donors (Lipinski definition) is 3. The molecule has 0 aliphatic carbocycles. The van der Waals surface area contributed by atoms with E-state index in [0.717, 1.165) is 6.20 Å². The number of nitrogens with one attached hydrogen (secondary N) is 1. The molecule has 0 bridgehead atoms. The molecular weight excluding hydrogens is 522 g/mol. The molecule has 3 aromatic rings. The van der Waals surface area contributed by atoms with Crippen LogP contribution in [0.2, 0.25) is 0 Å². The number of pyridine rings is 1. The van der Waals surface area contributed by atoms with E-state index in [1.165, 1.54) is 41.3 Å². The minimum Gasteiger partial charge on any atom is -0.383 e. The SMILES string of the molecule is CSc1sc(C(=N)N)cc1S(=O)(=NC(=O)c1ccc(C(N)=O)nc1)c1cccc(Br)c1. The molecule has 31 heavy (non-hydrogen) atoms. The summed E-state index contributed by atoms with van der Waals surface area (Å²) in [7, 11) is -3.43. The number of rotatable bonds is 6. The van der Waals surface area contributed by atoms with Gasteiger partial charge in [-0.05, 0) is 42.7 Å². The summed E-state index contributed by atoms with van der Waals surface area (Å²) in [4.78, 5) is 29.0. The zero-order valence-corrected chi connectivity index (χ0v) is 20.0. The molecule has 0 saturated carbocycles. The summed E-state index contributed by atoms with van der Waals surface area (Å²) in [5.41, 5.74) is 10.9. The summed E-state index contributed by atoms with van der Waals surface area (Å²) in [5, 5.41) is 7.73. The van der Waals surface area contributed by atoms with Gasteiger partial charge in [0.15, 0.2) is 0 Å². The quantitative estimate of drug-likeness (QED) is 0.247. The Balaban J connectivity index is 2.24. The van der Waals surface area contributed by atoms with Gasteiger partial charge >= 0.3 is 0 Å². The lowest BCUT2D eigenvalue weighted by atomic mass is 10.2. The van der Waals surface area contributed by atoms with Gasteiger partial charge in [-0.15, -0.1) is 27.5 Å². The van der Waals surface area contributed by atoms with Crippen LogP contribution in [0.4, 0.5) is 0 Å². The van der Waals surface area contributed by atoms with Crippen LogP contribution < -0.4 is 11.5 Å². The molecule has 1 atom stereocenters. The number of thiophene rings is 1. The minimum absolute atomic E-state index is 0.00197. The van der Waals surface area contributed by atoms with Crippen molar-refractivity contribution in [3.05, 3.63) is 69.3 Å². The second-order valence-electron chi connectivity index (χ2n) is 6.06. The first kappa shape index (κ1) is 23.1. The van der Waals surface area contributed by atoms with Crippen molar-refractivity contribution in [2.75, 3.05) is 6.26 Å². The summed E-state index contributed by atoms with van der Waals surface area (Å²) in [6, 6.07) is 10.9. The van der Waals surface area contributed by atoms with Crippen LogP contribution in [0.5, 0.6) is 0 Å². The highest BCUT2D eigenvalue weighted by Crippen LogP contribution is 2.38. The first-order valence-electron chi connectivity index (χ1n) is 8.51. The van der Waals surface area contributed by atoms with E-state index >= 15 is 0 Å². The molecule has 160 valence electrons. The molecule has 0 aliphatic rings. The molecule has 1 unspecified atom stereocenters. The number of aromatic nitrogens is 1. The number of nitrogens with zero attached hydrogens (tertiary/aromatic N) is 2. The fourth-order valence-electron chi connectivity index (χ4n) is 2.53. The van der Waals surface area contributed by atoms with Crippen LogP contribution in [0.25, 0.3) is 0 Å². The molecule has 0 aliphatic heterocycles. The Morgan fingerprint density at radius 2 is 1.97 bits per heavy atom. The van der Waals surface area contributed by atoms with Gasteiger partial charge in [-0.3, -0.25) is 20.0 Å². The standard InChI is InChI=1S/C19H16BrN5O3S3/c1-29-19-15(8-14(30-19)16(21)22)31(28,12-4-2-3-11(20)7-12)25-18(27)10-5-6-13(17(23)26)24-9-10/h2-9H,1H3,(H3,21,22)(H2,23,26). The van der Waals surface area contributed by atoms with Crippen LogP contribution in [-0.2, 0) is 9.73 Å². The van der Waals surface area contributed by atoms with E-state index in [2.05, 4.69) is 25.3 Å². The lowest BCUT2D eigenvalue weighted by Crippen LogP contribution is -2.13. The number of halogens is 1. The molecule has 8 nitrogen and oxygen atoms in total. The van der Waals surface area contributed by atoms with E-state index in [9.17, 15) is 13.8 Å². The predicted molar refractivity (Wildman–Crippen MR) is 125 cm³/mol. The second kappa shape index (κ2) is 9.30. The number of nitrogens with two attached hydrogens (primary N) is 2. The van der Waals surface area contributed by atoms with Crippen molar-refractivity contribution < 1.29 is 13.8 Å². The maximum Gasteiger partial charge on any atom is 0.287 e. The number of nitrogen functional groups attached to an aromatic ring is 1. The first-order chi connectivity index (χ1) is 14.7. The van der Waals surface area contributed by atoms with Gasteiger partial charge in [0.1, 0.15) is 21.3 Å². The van der Waals surface area contributed by atoms with Crippen molar-refractivity contribution in [1.29, 1.82) is 5.41 Å². The van der Waals surface area contributed by atoms with E-state index in [0.29, 0.717) is 23.4 Å². The Bertz CT molecular complexity index is 1310. The molecule has 2 heterocycles. The van der Waals surface area contributed by atoms with Crippen LogP contribution in [0.1, 0.15) is 25.7 Å². The highest BCUT2D eigenvalue weighted by atomic mass is 79.9. The molecule has 0 fully saturated rings. The Kier molecular flexibility index (Phi) is 6.94. The number of amides is 2. The van der Waals surface area contributed by atoms with E-state index in [1.807, 2.05) is 0 Å². The normalized spacial score (nSPS) is 12.7. The average Bonchev–Trinajstić information content (AvgIpc) is 3.19. The van der Waals surface area contributed by atoms with E-state index in [1.54, 1.807) is 30.5 Å². The number of carbonyl (C=O) groups excluding carboxylic acids is 2. The van der Waals surface area contributed by atoms with Crippen molar-refractivity contribution in [1.82, 2.24) is 4.98 Å². The van der Waals surface area contributed by atoms with Gasteiger partial charge in [0.05, 0.1) is 24.4 Å². The zero-order valence-electron chi connectivity index (χ0n) is 16.0. The van der Waals surface area contributed by atoms with Gasteiger partial charge in [-0.2, -0.15) is 0 Å². The van der Waals surface area contributed by atoms with E-state index < -0.39 is 21.5 Å². The third-order valence-corrected chi connectivity index (χ3v) is 9.29. The van der Waals surface area contributed by atoms with Crippen molar-refractivity contribution in [3.8, 4) is 0 Å². The maximum atomic E-state index is 14.3. The first-order valence-corrected chi connectivity index (χ1v) is 12.9. The molecule has 5 N–H and O–H groups in total. The molecule has 12 heteroatoms. The largest absolute Gasteiger partial charge is 0.383 e. The monoisotopic (exact) mass is 537 g/mol. The van der Waals surface area contributed by atoms with Crippen molar-refractivity contribution in [2.24, 2.45) is 15.8 Å². The van der Waals surface area contributed by atoms with Crippen LogP contribution in [-0.4, -0.2) is 33.1 Å². The smallest absolute Gasteiger partial charge is 0.287 e. The third-order valence-electron chi connectivity index (χ3n) is 4.00. The number of primary amides is 1. The Morgan fingerprint density at radius 1 is 1.23 bits per heavy atom. The van der Waals surface area contributed by atoms with Gasteiger partial charge < -0.3 is 11.5 Å². The van der Waals surface area contributed by atoms with Crippen molar-refractivity contribution in [2.45, 2.75) is 14.0 Å². The Morgan fingerprint density at radius 3 is 2.52 bits per heavy atom. The van der Waals surface area contributed by atoms with Gasteiger partial charge in [0, 0.05) is 10.7 Å². The number of hydrogen-bond acceptors (Lipinski definition) is 7. The van der Waals surface area contributed by atoms with Crippen molar-refractivity contribution in [3.63, 3.8) is 0 Å². The van der Waals surface area contributed by atoms with Gasteiger partial charge in [-0.25, -0.2) is 4.21 Å². The summed E-state index contributed by atoms with van der Waals surface area (Å²) < 4.78 is 19.7. The molecule has 2 aromatic heterocycles. The van der Waals surface area contributed by atoms with Crippen LogP contribution in [0, 0.1) is 5.41 Å².